The van der Waals surface area contributed by atoms with Gasteiger partial charge in [-0.2, -0.15) is 0 Å². The molecule has 0 bridgehead atoms. The van der Waals surface area contributed by atoms with Crippen molar-refractivity contribution in [1.82, 2.24) is 0 Å². The van der Waals surface area contributed by atoms with Crippen molar-refractivity contribution in [3.05, 3.63) is 5.41 Å². The number of hydrogen-bond acceptors (Lipinski definition) is 1. The molecule has 0 aliphatic carbocycles. The van der Waals surface area contributed by atoms with Crippen LogP contribution in [0, 0.1) is 0 Å². The molecule has 0 N–H and O–H groups in total. The fraction of sp³-hybridized carbons (Fsp3) is 0. The molecule has 0 rings (SSSR count). The molecule has 0 aromatic rings. The van der Waals surface area contributed by atoms with Gasteiger partial charge in [-0.3, -0.25) is 4.79 Å². The molecule has 3 heteroatoms. The molecular formula is CNOW+. The van der Waals surface area contributed by atoms with Crippen LogP contribution in [-0.4, -0.2) is 6.08 Å². The molecule has 4 heavy (non-hydrogen) atoms. The van der Waals surface area contributed by atoms with E-state index in [1.54, 1.807) is 0 Å². The van der Waals surface area contributed by atoms with Crippen molar-refractivity contribution in [2.24, 2.45) is 0 Å². The van der Waals surface area contributed by atoms with E-state index < -0.39 is 0 Å². The predicted octanol–water partition coefficient (Wildman–Crippen LogP) is -0.111. The fourth-order valence-corrected chi connectivity index (χ4v) is 0. The van der Waals surface area contributed by atoms with Gasteiger partial charge in [0.1, 0.15) is 0 Å². The SMILES string of the molecule is [N-]=C=O.[W+2]. The first kappa shape index (κ1) is 8.95. The molecule has 0 saturated carbocycles. The van der Waals surface area contributed by atoms with Crippen LogP contribution in [0.1, 0.15) is 0 Å². The van der Waals surface area contributed by atoms with Gasteiger partial charge in [-0.1, -0.05) is 0 Å². The maximum Gasteiger partial charge on any atom is 2.00 e. The van der Waals surface area contributed by atoms with Crippen molar-refractivity contribution in [2.75, 3.05) is 0 Å². The molecule has 0 unspecified atom stereocenters. The third-order valence-corrected chi connectivity index (χ3v) is 0. The topological polar surface area (TPSA) is 39.4 Å². The van der Waals surface area contributed by atoms with Crippen molar-refractivity contribution >= 4 is 6.08 Å². The van der Waals surface area contributed by atoms with E-state index in [0.717, 1.165) is 0 Å². The standard InChI is InChI=1S/CNO.W/c2-1-3;/q-1;+2. The van der Waals surface area contributed by atoms with Crippen LogP contribution >= 0.6 is 0 Å². The molecule has 20 valence electrons. The first-order valence-corrected chi connectivity index (χ1v) is 0.428. The van der Waals surface area contributed by atoms with Gasteiger partial charge < -0.3 is 5.41 Å². The Labute approximate surface area is 38.0 Å². The molecule has 0 fully saturated rings. The van der Waals surface area contributed by atoms with Gasteiger partial charge in [0.15, 0.2) is 0 Å². The van der Waals surface area contributed by atoms with E-state index in [1.807, 2.05) is 0 Å². The molecule has 0 atom stereocenters. The summed E-state index contributed by atoms with van der Waals surface area (Å²) in [6.45, 7) is 0. The van der Waals surface area contributed by atoms with Gasteiger partial charge in [0, 0.05) is 0 Å². The molecule has 0 radical (unpaired) electrons. The van der Waals surface area contributed by atoms with Crippen LogP contribution in [0.2, 0.25) is 0 Å². The summed E-state index contributed by atoms with van der Waals surface area (Å²) >= 11 is 0. The predicted molar refractivity (Wildman–Crippen MR) is 9.05 cm³/mol. The normalized spacial score (nSPS) is 2.00. The van der Waals surface area contributed by atoms with Gasteiger partial charge >= 0.3 is 21.1 Å². The second kappa shape index (κ2) is 11.5. The minimum absolute atomic E-state index is 0. The van der Waals surface area contributed by atoms with Crippen molar-refractivity contribution in [3.63, 3.8) is 0 Å². The van der Waals surface area contributed by atoms with Gasteiger partial charge in [0.25, 0.3) is 0 Å². The van der Waals surface area contributed by atoms with Crippen LogP contribution in [0.4, 0.5) is 0 Å². The van der Waals surface area contributed by atoms with Gasteiger partial charge in [0.2, 0.25) is 0 Å². The number of isocyanates is 1. The Morgan fingerprint density at radius 3 is 1.75 bits per heavy atom. The summed E-state index contributed by atoms with van der Waals surface area (Å²) in [5.41, 5.74) is 0. The van der Waals surface area contributed by atoms with Crippen LogP contribution < -0.4 is 0 Å². The fourth-order valence-electron chi connectivity index (χ4n) is 0. The Balaban J connectivity index is 0. The van der Waals surface area contributed by atoms with E-state index in [1.165, 1.54) is 0 Å². The van der Waals surface area contributed by atoms with Crippen LogP contribution in [0.25, 0.3) is 5.41 Å². The van der Waals surface area contributed by atoms with Gasteiger partial charge in [-0.25, -0.2) is 0 Å². The summed E-state index contributed by atoms with van der Waals surface area (Å²) in [7, 11) is 0. The number of carbonyl (C=O) groups excluding carboxylic acids is 1. The molecule has 0 aliphatic heterocycles. The second-order valence-electron chi connectivity index (χ2n) is 0.0913. The molecular weight excluding hydrogens is 226 g/mol. The van der Waals surface area contributed by atoms with E-state index >= 15 is 0 Å². The van der Waals surface area contributed by atoms with Gasteiger partial charge in [0.05, 0.1) is 0 Å². The molecule has 0 saturated heterocycles. The Morgan fingerprint density at radius 1 is 1.75 bits per heavy atom. The molecule has 0 heterocycles. The zero-order valence-electron chi connectivity index (χ0n) is 1.76. The summed E-state index contributed by atoms with van der Waals surface area (Å²) in [6.07, 6.45) is 0.500. The summed E-state index contributed by atoms with van der Waals surface area (Å²) in [5, 5.41) is 6.76. The third-order valence-electron chi connectivity index (χ3n) is 0. The number of nitrogens with zero attached hydrogens (tertiary/aromatic N) is 1. The third kappa shape index (κ3) is 506. The summed E-state index contributed by atoms with van der Waals surface area (Å²) in [4.78, 5) is 8.24. The molecule has 0 spiro atoms. The summed E-state index contributed by atoms with van der Waals surface area (Å²) in [6, 6.07) is 0. The van der Waals surface area contributed by atoms with Crippen LogP contribution in [0.5, 0.6) is 0 Å². The molecule has 0 aromatic carbocycles. The molecule has 0 aliphatic rings. The number of rotatable bonds is 0. The maximum absolute atomic E-state index is 8.24. The van der Waals surface area contributed by atoms with Crippen LogP contribution in [0.15, 0.2) is 0 Å². The van der Waals surface area contributed by atoms with E-state index in [0.29, 0.717) is 6.08 Å². The quantitative estimate of drug-likeness (QED) is 0.419. The Morgan fingerprint density at radius 2 is 1.75 bits per heavy atom. The monoisotopic (exact) mass is 226 g/mol. The van der Waals surface area contributed by atoms with Crippen molar-refractivity contribution in [1.29, 1.82) is 0 Å². The summed E-state index contributed by atoms with van der Waals surface area (Å²) < 4.78 is 0. The van der Waals surface area contributed by atoms with Crippen molar-refractivity contribution in [3.8, 4) is 0 Å². The Hall–Kier alpha value is 0.0683. The van der Waals surface area contributed by atoms with Gasteiger partial charge in [-0.15, -0.1) is 0 Å². The minimum atomic E-state index is 0. The molecule has 2 nitrogen and oxygen atoms in total. The first-order chi connectivity index (χ1) is 1.41. The Kier molecular flexibility index (Phi) is 25.7. The largest absolute Gasteiger partial charge is 2.00 e. The second-order valence-corrected chi connectivity index (χ2v) is 0.0913. The van der Waals surface area contributed by atoms with Gasteiger partial charge in [-0.05, 0) is 6.08 Å². The average molecular weight is 226 g/mol. The van der Waals surface area contributed by atoms with E-state index in [4.69, 9.17) is 10.2 Å². The smallest absolute Gasteiger partial charge is 0.724 e. The average Bonchev–Trinajstić information content (AvgIpc) is 0.918. The van der Waals surface area contributed by atoms with E-state index in [2.05, 4.69) is 0 Å². The van der Waals surface area contributed by atoms with Crippen LogP contribution in [-0.2, 0) is 25.9 Å². The molecule has 0 amide bonds. The van der Waals surface area contributed by atoms with Crippen molar-refractivity contribution in [2.45, 2.75) is 0 Å². The molecule has 0 aromatic heterocycles. The Bertz CT molecular complexity index is 29.0. The van der Waals surface area contributed by atoms with Crippen molar-refractivity contribution < 1.29 is 25.9 Å². The zero-order chi connectivity index (χ0) is 2.71. The summed E-state index contributed by atoms with van der Waals surface area (Å²) in [5.74, 6) is 0. The van der Waals surface area contributed by atoms with E-state index in [-0.39, 0.29) is 21.1 Å². The number of hydrogen-bond donors (Lipinski definition) is 0. The minimum Gasteiger partial charge on any atom is -0.724 e. The zero-order valence-corrected chi connectivity index (χ0v) is 4.70. The van der Waals surface area contributed by atoms with Crippen LogP contribution in [0.3, 0.4) is 0 Å². The maximum atomic E-state index is 8.24. The van der Waals surface area contributed by atoms with E-state index in [9.17, 15) is 0 Å². The first-order valence-electron chi connectivity index (χ1n) is 0.428.